The molecule has 1 aliphatic heterocycles. The molecule has 0 bridgehead atoms. The Bertz CT molecular complexity index is 740. The second-order valence-electron chi connectivity index (χ2n) is 7.54. The number of sulfonamides is 1. The normalized spacial score (nSPS) is 20.6. The number of amides is 1. The monoisotopic (exact) mass is 379 g/mol. The van der Waals surface area contributed by atoms with E-state index in [0.29, 0.717) is 11.6 Å². The van der Waals surface area contributed by atoms with E-state index < -0.39 is 10.0 Å². The summed E-state index contributed by atoms with van der Waals surface area (Å²) < 4.78 is 27.5. The molecule has 1 aromatic rings. The number of benzene rings is 1. The second kappa shape index (κ2) is 8.06. The largest absolute Gasteiger partial charge is 0.326 e. The van der Waals surface area contributed by atoms with E-state index in [0.717, 1.165) is 38.8 Å². The van der Waals surface area contributed by atoms with Crippen LogP contribution >= 0.6 is 0 Å². The quantitative estimate of drug-likeness (QED) is 0.796. The van der Waals surface area contributed by atoms with E-state index in [9.17, 15) is 13.2 Å². The van der Waals surface area contributed by atoms with Crippen molar-refractivity contribution in [3.05, 3.63) is 24.3 Å². The van der Waals surface area contributed by atoms with E-state index in [1.165, 1.54) is 10.7 Å². The van der Waals surface area contributed by atoms with Crippen molar-refractivity contribution in [2.45, 2.75) is 50.0 Å². The van der Waals surface area contributed by atoms with Crippen molar-refractivity contribution < 1.29 is 13.2 Å². The Labute approximate surface area is 156 Å². The summed E-state index contributed by atoms with van der Waals surface area (Å²) in [5.41, 5.74) is 0.534. The topological polar surface area (TPSA) is 78.5 Å². The lowest BCUT2D eigenvalue weighted by Gasteiger charge is -2.32. The first-order chi connectivity index (χ1) is 12.4. The number of carbonyl (C=O) groups excluding carboxylic acids is 1. The molecule has 2 N–H and O–H groups in total. The molecule has 6 nitrogen and oxygen atoms in total. The summed E-state index contributed by atoms with van der Waals surface area (Å²) in [6.45, 7) is 3.63. The Morgan fingerprint density at radius 1 is 1.23 bits per heavy atom. The Morgan fingerprint density at radius 2 is 1.92 bits per heavy atom. The summed E-state index contributed by atoms with van der Waals surface area (Å²) in [5.74, 6) is 0.187. The van der Waals surface area contributed by atoms with Gasteiger partial charge in [0.2, 0.25) is 15.9 Å². The van der Waals surface area contributed by atoms with Crippen molar-refractivity contribution in [2.24, 2.45) is 11.8 Å². The van der Waals surface area contributed by atoms with Crippen LogP contribution in [0.5, 0.6) is 0 Å². The number of rotatable bonds is 6. The Balaban J connectivity index is 1.72. The third-order valence-electron chi connectivity index (χ3n) is 5.80. The standard InChI is InChI=1S/C19H29N3O3S/c1-14(15-12-20-13-15)19(23)21-16-7-6-10-18(11-16)26(24,25)22(2)17-8-4-3-5-9-17/h6-7,10-11,14-15,17,20H,3-5,8-9,12-13H2,1-2H3,(H,21,23). The van der Waals surface area contributed by atoms with Gasteiger partial charge >= 0.3 is 0 Å². The van der Waals surface area contributed by atoms with Crippen LogP contribution in [0.3, 0.4) is 0 Å². The Hall–Kier alpha value is -1.44. The minimum absolute atomic E-state index is 0.0633. The maximum absolute atomic E-state index is 13.0. The third kappa shape index (κ3) is 4.10. The SMILES string of the molecule is CC(C(=O)Nc1cccc(S(=O)(=O)N(C)C2CCCCC2)c1)C1CNC1. The van der Waals surface area contributed by atoms with Crippen molar-refractivity contribution in [2.75, 3.05) is 25.5 Å². The van der Waals surface area contributed by atoms with Crippen molar-refractivity contribution in [1.29, 1.82) is 0 Å². The van der Waals surface area contributed by atoms with Gasteiger partial charge in [0.15, 0.2) is 0 Å². The van der Waals surface area contributed by atoms with Gasteiger partial charge in [-0.3, -0.25) is 4.79 Å². The zero-order chi connectivity index (χ0) is 18.7. The van der Waals surface area contributed by atoms with Crippen LogP contribution in [0.25, 0.3) is 0 Å². The summed E-state index contributed by atoms with van der Waals surface area (Å²) in [6.07, 6.45) is 5.17. The van der Waals surface area contributed by atoms with Crippen LogP contribution in [-0.2, 0) is 14.8 Å². The molecule has 2 aliphatic rings. The number of nitrogens with one attached hydrogen (secondary N) is 2. The Kier molecular flexibility index (Phi) is 5.99. The molecular formula is C19H29N3O3S. The van der Waals surface area contributed by atoms with Gasteiger partial charge in [-0.2, -0.15) is 4.31 Å². The van der Waals surface area contributed by atoms with Crippen LogP contribution in [0, 0.1) is 11.8 Å². The van der Waals surface area contributed by atoms with Gasteiger partial charge in [0, 0.05) is 24.7 Å². The fourth-order valence-corrected chi connectivity index (χ4v) is 5.14. The van der Waals surface area contributed by atoms with Gasteiger partial charge < -0.3 is 10.6 Å². The molecule has 1 aliphatic carbocycles. The molecule has 0 spiro atoms. The van der Waals surface area contributed by atoms with Crippen LogP contribution in [0.1, 0.15) is 39.0 Å². The lowest BCUT2D eigenvalue weighted by Crippen LogP contribution is -2.48. The fourth-order valence-electron chi connectivity index (χ4n) is 3.68. The first kappa shape index (κ1) is 19.3. The molecular weight excluding hydrogens is 350 g/mol. The average Bonchev–Trinajstić information content (AvgIpc) is 2.60. The fraction of sp³-hybridized carbons (Fsp3) is 0.632. The van der Waals surface area contributed by atoms with Gasteiger partial charge in [0.25, 0.3) is 0 Å². The second-order valence-corrected chi connectivity index (χ2v) is 9.53. The van der Waals surface area contributed by atoms with Gasteiger partial charge in [-0.15, -0.1) is 0 Å². The zero-order valence-electron chi connectivity index (χ0n) is 15.6. The van der Waals surface area contributed by atoms with Gasteiger partial charge in [-0.1, -0.05) is 32.3 Å². The average molecular weight is 380 g/mol. The highest BCUT2D eigenvalue weighted by molar-refractivity contribution is 7.89. The van der Waals surface area contributed by atoms with Crippen molar-refractivity contribution in [3.63, 3.8) is 0 Å². The van der Waals surface area contributed by atoms with E-state index in [1.807, 2.05) is 6.92 Å². The molecule has 0 radical (unpaired) electrons. The molecule has 2 fully saturated rings. The number of hydrogen-bond donors (Lipinski definition) is 2. The van der Waals surface area contributed by atoms with Crippen molar-refractivity contribution >= 4 is 21.6 Å². The zero-order valence-corrected chi connectivity index (χ0v) is 16.4. The number of hydrogen-bond acceptors (Lipinski definition) is 4. The van der Waals surface area contributed by atoms with E-state index in [-0.39, 0.29) is 22.8 Å². The highest BCUT2D eigenvalue weighted by Gasteiger charge is 2.30. The van der Waals surface area contributed by atoms with Crippen LogP contribution in [0.15, 0.2) is 29.2 Å². The van der Waals surface area contributed by atoms with E-state index in [2.05, 4.69) is 10.6 Å². The minimum Gasteiger partial charge on any atom is -0.326 e. The van der Waals surface area contributed by atoms with E-state index in [1.54, 1.807) is 31.3 Å². The maximum atomic E-state index is 13.0. The predicted octanol–water partition coefficient (Wildman–Crippen LogP) is 2.43. The highest BCUT2D eigenvalue weighted by atomic mass is 32.2. The summed E-state index contributed by atoms with van der Waals surface area (Å²) in [7, 11) is -1.89. The summed E-state index contributed by atoms with van der Waals surface area (Å²) in [6, 6.07) is 6.66. The molecule has 1 unspecified atom stereocenters. The summed E-state index contributed by atoms with van der Waals surface area (Å²) >= 11 is 0. The van der Waals surface area contributed by atoms with Gasteiger partial charge in [-0.25, -0.2) is 8.42 Å². The van der Waals surface area contributed by atoms with Crippen molar-refractivity contribution in [1.82, 2.24) is 9.62 Å². The lowest BCUT2D eigenvalue weighted by molar-refractivity contribution is -0.121. The van der Waals surface area contributed by atoms with Gasteiger partial charge in [-0.05, 0) is 50.0 Å². The van der Waals surface area contributed by atoms with E-state index >= 15 is 0 Å². The molecule has 144 valence electrons. The molecule has 1 saturated heterocycles. The van der Waals surface area contributed by atoms with E-state index in [4.69, 9.17) is 0 Å². The van der Waals surface area contributed by atoms with Crippen LogP contribution in [0.4, 0.5) is 5.69 Å². The number of carbonyl (C=O) groups is 1. The molecule has 1 atom stereocenters. The maximum Gasteiger partial charge on any atom is 0.243 e. The molecule has 26 heavy (non-hydrogen) atoms. The lowest BCUT2D eigenvalue weighted by atomic mass is 9.88. The summed E-state index contributed by atoms with van der Waals surface area (Å²) in [4.78, 5) is 12.6. The van der Waals surface area contributed by atoms with Crippen molar-refractivity contribution in [3.8, 4) is 0 Å². The highest BCUT2D eigenvalue weighted by Crippen LogP contribution is 2.27. The number of nitrogens with zero attached hydrogens (tertiary/aromatic N) is 1. The van der Waals surface area contributed by atoms with Gasteiger partial charge in [0.05, 0.1) is 4.90 Å². The molecule has 1 saturated carbocycles. The third-order valence-corrected chi connectivity index (χ3v) is 7.71. The minimum atomic E-state index is -3.55. The van der Waals surface area contributed by atoms with Crippen LogP contribution in [0.2, 0.25) is 0 Å². The number of anilines is 1. The molecule has 1 heterocycles. The molecule has 7 heteroatoms. The molecule has 1 amide bonds. The van der Waals surface area contributed by atoms with Gasteiger partial charge in [0.1, 0.15) is 0 Å². The first-order valence-electron chi connectivity index (χ1n) is 9.49. The molecule has 0 aromatic heterocycles. The molecule has 1 aromatic carbocycles. The molecule has 3 rings (SSSR count). The predicted molar refractivity (Wildman–Crippen MR) is 102 cm³/mol. The summed E-state index contributed by atoms with van der Waals surface area (Å²) in [5, 5.41) is 6.04. The Morgan fingerprint density at radius 3 is 2.54 bits per heavy atom. The smallest absolute Gasteiger partial charge is 0.243 e. The first-order valence-corrected chi connectivity index (χ1v) is 10.9. The van der Waals surface area contributed by atoms with Crippen LogP contribution < -0.4 is 10.6 Å². The van der Waals surface area contributed by atoms with Crippen LogP contribution in [-0.4, -0.2) is 44.8 Å².